The fourth-order valence-corrected chi connectivity index (χ4v) is 2.72. The molecule has 7 heteroatoms. The van der Waals surface area contributed by atoms with E-state index in [0.717, 1.165) is 11.5 Å². The lowest BCUT2D eigenvalue weighted by molar-refractivity contribution is -0.114. The van der Waals surface area contributed by atoms with Gasteiger partial charge in [0, 0.05) is 11.4 Å². The molecule has 2 amide bonds. The number of carbonyl (C=O) groups excluding carboxylic acids is 2. The molecular formula is C19H22N2O4S. The predicted molar refractivity (Wildman–Crippen MR) is 105 cm³/mol. The number of thioether (sulfide) groups is 1. The van der Waals surface area contributed by atoms with Crippen LogP contribution >= 0.6 is 11.8 Å². The summed E-state index contributed by atoms with van der Waals surface area (Å²) in [6, 6.07) is 14.2. The lowest BCUT2D eigenvalue weighted by atomic mass is 10.3. The molecule has 0 unspecified atom stereocenters. The van der Waals surface area contributed by atoms with E-state index in [1.54, 1.807) is 55.6 Å². The summed E-state index contributed by atoms with van der Waals surface area (Å²) in [6.07, 6.45) is 0. The third-order valence-electron chi connectivity index (χ3n) is 3.29. The molecule has 2 aromatic carbocycles. The topological polar surface area (TPSA) is 76.7 Å². The molecular weight excluding hydrogens is 352 g/mol. The van der Waals surface area contributed by atoms with Gasteiger partial charge in [0.2, 0.25) is 11.8 Å². The van der Waals surface area contributed by atoms with Gasteiger partial charge in [0.15, 0.2) is 0 Å². The van der Waals surface area contributed by atoms with E-state index in [1.165, 1.54) is 11.8 Å². The predicted octanol–water partition coefficient (Wildman–Crippen LogP) is 3.40. The molecule has 2 rings (SSSR count). The lowest BCUT2D eigenvalue weighted by Gasteiger charge is -2.08. The Morgan fingerprint density at radius 2 is 1.31 bits per heavy atom. The minimum absolute atomic E-state index is 0.156. The Kier molecular flexibility index (Phi) is 7.82. The van der Waals surface area contributed by atoms with Crippen molar-refractivity contribution in [2.24, 2.45) is 0 Å². The quantitative estimate of drug-likeness (QED) is 0.703. The smallest absolute Gasteiger partial charge is 0.234 e. The Morgan fingerprint density at radius 1 is 0.846 bits per heavy atom. The van der Waals surface area contributed by atoms with Crippen LogP contribution in [-0.2, 0) is 9.59 Å². The lowest BCUT2D eigenvalue weighted by Crippen LogP contribution is -2.18. The summed E-state index contributed by atoms with van der Waals surface area (Å²) in [7, 11) is 1.59. The van der Waals surface area contributed by atoms with Gasteiger partial charge in [-0.1, -0.05) is 0 Å². The highest BCUT2D eigenvalue weighted by molar-refractivity contribution is 8.00. The van der Waals surface area contributed by atoms with Gasteiger partial charge in [0.1, 0.15) is 11.5 Å². The standard InChI is InChI=1S/C19H22N2O4S/c1-3-25-17-10-6-15(7-11-17)21-19(23)13-26-12-18(22)20-14-4-8-16(24-2)9-5-14/h4-11H,3,12-13H2,1-2H3,(H,20,22)(H,21,23). The summed E-state index contributed by atoms with van der Waals surface area (Å²) in [6.45, 7) is 2.51. The van der Waals surface area contributed by atoms with Gasteiger partial charge in [-0.3, -0.25) is 9.59 Å². The van der Waals surface area contributed by atoms with Crippen LogP contribution in [0.3, 0.4) is 0 Å². The van der Waals surface area contributed by atoms with E-state index in [0.29, 0.717) is 18.0 Å². The van der Waals surface area contributed by atoms with Crippen molar-refractivity contribution in [2.45, 2.75) is 6.92 Å². The van der Waals surface area contributed by atoms with Crippen molar-refractivity contribution in [1.82, 2.24) is 0 Å². The van der Waals surface area contributed by atoms with E-state index in [2.05, 4.69) is 10.6 Å². The average Bonchev–Trinajstić information content (AvgIpc) is 2.64. The van der Waals surface area contributed by atoms with Crippen molar-refractivity contribution < 1.29 is 19.1 Å². The van der Waals surface area contributed by atoms with Gasteiger partial charge in [0.25, 0.3) is 0 Å². The maximum absolute atomic E-state index is 11.9. The molecule has 2 aromatic rings. The van der Waals surface area contributed by atoms with Gasteiger partial charge in [-0.2, -0.15) is 0 Å². The maximum atomic E-state index is 11.9. The number of hydrogen-bond acceptors (Lipinski definition) is 5. The largest absolute Gasteiger partial charge is 0.497 e. The summed E-state index contributed by atoms with van der Waals surface area (Å²) >= 11 is 1.25. The fourth-order valence-electron chi connectivity index (χ4n) is 2.11. The van der Waals surface area contributed by atoms with Crippen LogP contribution in [0.1, 0.15) is 6.92 Å². The fraction of sp³-hybridized carbons (Fsp3) is 0.263. The first-order chi connectivity index (χ1) is 12.6. The van der Waals surface area contributed by atoms with Crippen molar-refractivity contribution in [3.05, 3.63) is 48.5 Å². The zero-order valence-corrected chi connectivity index (χ0v) is 15.6. The zero-order valence-electron chi connectivity index (χ0n) is 14.8. The number of nitrogens with one attached hydrogen (secondary N) is 2. The van der Waals surface area contributed by atoms with Gasteiger partial charge in [-0.05, 0) is 55.5 Å². The number of rotatable bonds is 9. The van der Waals surface area contributed by atoms with Crippen LogP contribution in [0.25, 0.3) is 0 Å². The molecule has 0 saturated heterocycles. The molecule has 0 heterocycles. The summed E-state index contributed by atoms with van der Waals surface area (Å²) < 4.78 is 10.4. The second-order valence-corrected chi connectivity index (χ2v) is 6.26. The van der Waals surface area contributed by atoms with E-state index in [4.69, 9.17) is 9.47 Å². The van der Waals surface area contributed by atoms with Gasteiger partial charge in [-0.25, -0.2) is 0 Å². The van der Waals surface area contributed by atoms with Crippen LogP contribution in [-0.4, -0.2) is 37.0 Å². The molecule has 2 N–H and O–H groups in total. The van der Waals surface area contributed by atoms with Gasteiger partial charge in [0.05, 0.1) is 25.2 Å². The highest BCUT2D eigenvalue weighted by Crippen LogP contribution is 2.17. The van der Waals surface area contributed by atoms with E-state index in [1.807, 2.05) is 6.92 Å². The molecule has 0 atom stereocenters. The first kappa shape index (κ1) is 19.7. The van der Waals surface area contributed by atoms with E-state index >= 15 is 0 Å². The van der Waals surface area contributed by atoms with E-state index < -0.39 is 0 Å². The van der Waals surface area contributed by atoms with Crippen LogP contribution in [0.2, 0.25) is 0 Å². The second-order valence-electron chi connectivity index (χ2n) is 5.28. The summed E-state index contributed by atoms with van der Waals surface area (Å²) in [4.78, 5) is 23.8. The number of benzene rings is 2. The first-order valence-corrected chi connectivity index (χ1v) is 9.30. The van der Waals surface area contributed by atoms with Crippen molar-refractivity contribution in [1.29, 1.82) is 0 Å². The number of hydrogen-bond donors (Lipinski definition) is 2. The Balaban J connectivity index is 1.69. The molecule has 0 saturated carbocycles. The highest BCUT2D eigenvalue weighted by Gasteiger charge is 2.07. The number of ether oxygens (including phenoxy) is 2. The number of carbonyl (C=O) groups is 2. The van der Waals surface area contributed by atoms with Gasteiger partial charge >= 0.3 is 0 Å². The van der Waals surface area contributed by atoms with Crippen LogP contribution in [0, 0.1) is 0 Å². The van der Waals surface area contributed by atoms with Crippen molar-refractivity contribution in [3.8, 4) is 11.5 Å². The Hall–Kier alpha value is -2.67. The minimum Gasteiger partial charge on any atom is -0.497 e. The normalized spacial score (nSPS) is 10.1. The van der Waals surface area contributed by atoms with Crippen LogP contribution in [0.5, 0.6) is 11.5 Å². The molecule has 138 valence electrons. The average molecular weight is 374 g/mol. The third kappa shape index (κ3) is 6.68. The molecule has 0 fully saturated rings. The van der Waals surface area contributed by atoms with Crippen LogP contribution < -0.4 is 20.1 Å². The highest BCUT2D eigenvalue weighted by atomic mass is 32.2. The minimum atomic E-state index is -0.158. The number of anilines is 2. The third-order valence-corrected chi connectivity index (χ3v) is 4.22. The maximum Gasteiger partial charge on any atom is 0.234 e. The summed E-state index contributed by atoms with van der Waals surface area (Å²) in [5.74, 6) is 1.57. The zero-order chi connectivity index (χ0) is 18.8. The molecule has 0 bridgehead atoms. The SMILES string of the molecule is CCOc1ccc(NC(=O)CSCC(=O)Nc2ccc(OC)cc2)cc1. The second kappa shape index (κ2) is 10.4. The van der Waals surface area contributed by atoms with Crippen molar-refractivity contribution >= 4 is 35.0 Å². The van der Waals surface area contributed by atoms with E-state index in [-0.39, 0.29) is 23.3 Å². The van der Waals surface area contributed by atoms with Gasteiger partial charge in [-0.15, -0.1) is 11.8 Å². The van der Waals surface area contributed by atoms with Crippen LogP contribution in [0.15, 0.2) is 48.5 Å². The molecule has 0 radical (unpaired) electrons. The molecule has 0 aliphatic rings. The molecule has 0 aliphatic carbocycles. The molecule has 0 aliphatic heterocycles. The van der Waals surface area contributed by atoms with Gasteiger partial charge < -0.3 is 20.1 Å². The van der Waals surface area contributed by atoms with Crippen molar-refractivity contribution in [3.63, 3.8) is 0 Å². The van der Waals surface area contributed by atoms with E-state index in [9.17, 15) is 9.59 Å². The Labute approximate surface area is 157 Å². The van der Waals surface area contributed by atoms with Crippen LogP contribution in [0.4, 0.5) is 11.4 Å². The molecule has 6 nitrogen and oxygen atoms in total. The Bertz CT molecular complexity index is 717. The Morgan fingerprint density at radius 3 is 1.73 bits per heavy atom. The monoisotopic (exact) mass is 374 g/mol. The molecule has 26 heavy (non-hydrogen) atoms. The first-order valence-electron chi connectivity index (χ1n) is 8.15. The van der Waals surface area contributed by atoms with Crippen molar-refractivity contribution in [2.75, 3.05) is 35.9 Å². The summed E-state index contributed by atoms with van der Waals surface area (Å²) in [5, 5.41) is 5.56. The molecule has 0 aromatic heterocycles. The number of methoxy groups -OCH3 is 1. The molecule has 0 spiro atoms. The number of amides is 2. The summed E-state index contributed by atoms with van der Waals surface area (Å²) in [5.41, 5.74) is 1.39.